The number of hydrogen-bond donors (Lipinski definition) is 0. The highest BCUT2D eigenvalue weighted by molar-refractivity contribution is 7.25. The van der Waals surface area contributed by atoms with Crippen LogP contribution in [0.4, 0.5) is 0 Å². The van der Waals surface area contributed by atoms with Gasteiger partial charge in [-0.25, -0.2) is 9.97 Å². The Bertz CT molecular complexity index is 3350. The number of thiophene rings is 1. The Kier molecular flexibility index (Phi) is 7.35. The normalized spacial score (nSPS) is 13.0. The van der Waals surface area contributed by atoms with Crippen LogP contribution in [-0.4, -0.2) is 9.97 Å². The predicted molar refractivity (Wildman–Crippen MR) is 244 cm³/mol. The molecule has 0 saturated carbocycles. The van der Waals surface area contributed by atoms with Crippen molar-refractivity contribution >= 4 is 53.2 Å². The molecular weight excluding hydrogens is 721 g/mol. The lowest BCUT2D eigenvalue weighted by molar-refractivity contribution is 0.770. The fourth-order valence-corrected chi connectivity index (χ4v) is 10.6. The molecular formula is C55H34N2S. The van der Waals surface area contributed by atoms with Gasteiger partial charge in [-0.2, -0.15) is 0 Å². The van der Waals surface area contributed by atoms with Crippen LogP contribution in [0.15, 0.2) is 206 Å². The molecule has 1 aliphatic carbocycles. The molecule has 0 unspecified atom stereocenters. The van der Waals surface area contributed by atoms with Gasteiger partial charge in [0.1, 0.15) is 0 Å². The number of rotatable bonds is 5. The molecule has 0 fully saturated rings. The molecule has 270 valence electrons. The van der Waals surface area contributed by atoms with Gasteiger partial charge in [0.2, 0.25) is 0 Å². The van der Waals surface area contributed by atoms with Crippen molar-refractivity contribution in [1.82, 2.24) is 9.97 Å². The van der Waals surface area contributed by atoms with Crippen LogP contribution in [0.1, 0.15) is 22.3 Å². The van der Waals surface area contributed by atoms with Gasteiger partial charge in [-0.1, -0.05) is 182 Å². The molecule has 2 heterocycles. The zero-order valence-corrected chi connectivity index (χ0v) is 32.2. The quantitative estimate of drug-likeness (QED) is 0.175. The van der Waals surface area contributed by atoms with Gasteiger partial charge < -0.3 is 0 Å². The van der Waals surface area contributed by atoms with Gasteiger partial charge in [-0.05, 0) is 79.5 Å². The molecule has 11 aromatic rings. The molecule has 0 atom stereocenters. The average molecular weight is 755 g/mol. The van der Waals surface area contributed by atoms with Crippen molar-refractivity contribution in [2.24, 2.45) is 0 Å². The van der Waals surface area contributed by atoms with Crippen molar-refractivity contribution in [3.8, 4) is 44.9 Å². The minimum absolute atomic E-state index is 0.502. The van der Waals surface area contributed by atoms with Crippen molar-refractivity contribution < 1.29 is 0 Å². The first-order valence-corrected chi connectivity index (χ1v) is 20.6. The van der Waals surface area contributed by atoms with Gasteiger partial charge in [-0.3, -0.25) is 0 Å². The average Bonchev–Trinajstić information content (AvgIpc) is 3.82. The maximum Gasteiger partial charge on any atom is 0.160 e. The van der Waals surface area contributed by atoms with Crippen molar-refractivity contribution in [1.29, 1.82) is 0 Å². The van der Waals surface area contributed by atoms with Gasteiger partial charge in [0.05, 0.1) is 16.6 Å². The van der Waals surface area contributed by atoms with E-state index in [1.54, 1.807) is 0 Å². The smallest absolute Gasteiger partial charge is 0.160 e. The molecule has 58 heavy (non-hydrogen) atoms. The lowest BCUT2D eigenvalue weighted by Gasteiger charge is -2.34. The molecule has 2 aromatic heterocycles. The first-order chi connectivity index (χ1) is 28.7. The van der Waals surface area contributed by atoms with E-state index < -0.39 is 5.41 Å². The number of benzene rings is 9. The Morgan fingerprint density at radius 3 is 1.74 bits per heavy atom. The highest BCUT2D eigenvalue weighted by Gasteiger charge is 2.46. The van der Waals surface area contributed by atoms with Crippen LogP contribution < -0.4 is 0 Å². The van der Waals surface area contributed by atoms with Crippen molar-refractivity contribution in [3.05, 3.63) is 229 Å². The molecule has 0 bridgehead atoms. The second-order valence-electron chi connectivity index (χ2n) is 15.3. The lowest BCUT2D eigenvalue weighted by Crippen LogP contribution is -2.28. The first kappa shape index (κ1) is 33.0. The van der Waals surface area contributed by atoms with Crippen LogP contribution in [0.25, 0.3) is 86.7 Å². The predicted octanol–water partition coefficient (Wildman–Crippen LogP) is 14.5. The van der Waals surface area contributed by atoms with Crippen LogP contribution in [-0.2, 0) is 5.41 Å². The molecule has 9 aromatic carbocycles. The SMILES string of the molecule is c1ccc2c(c1)-c1ccccc1C2(c1ccc(-c2nc(-c3ccc(-c4ccc5ccccc5c4)cc3)c3ccccc3n2)cc1)c1ccc2c(c1)sc1ccccc12. The van der Waals surface area contributed by atoms with Crippen LogP contribution in [0.2, 0.25) is 0 Å². The maximum atomic E-state index is 5.30. The summed E-state index contributed by atoms with van der Waals surface area (Å²) in [5, 5.41) is 6.15. The first-order valence-electron chi connectivity index (χ1n) is 19.8. The van der Waals surface area contributed by atoms with E-state index in [1.165, 1.54) is 75.5 Å². The summed E-state index contributed by atoms with van der Waals surface area (Å²) < 4.78 is 2.62. The molecule has 0 amide bonds. The Labute approximate surface area is 340 Å². The van der Waals surface area contributed by atoms with Crippen LogP contribution in [0, 0.1) is 0 Å². The molecule has 3 heteroatoms. The second kappa shape index (κ2) is 12.9. The molecule has 0 spiro atoms. The van der Waals surface area contributed by atoms with E-state index in [1.807, 2.05) is 11.3 Å². The summed E-state index contributed by atoms with van der Waals surface area (Å²) in [6, 6.07) is 75.1. The zero-order valence-electron chi connectivity index (χ0n) is 31.4. The van der Waals surface area contributed by atoms with Crippen LogP contribution in [0.5, 0.6) is 0 Å². The lowest BCUT2D eigenvalue weighted by atomic mass is 9.67. The van der Waals surface area contributed by atoms with Crippen LogP contribution in [0.3, 0.4) is 0 Å². The van der Waals surface area contributed by atoms with Gasteiger partial charge in [0.25, 0.3) is 0 Å². The number of nitrogens with zero attached hydrogens (tertiary/aromatic N) is 2. The largest absolute Gasteiger partial charge is 0.228 e. The number of fused-ring (bicyclic) bond motifs is 8. The van der Waals surface area contributed by atoms with Crippen LogP contribution >= 0.6 is 11.3 Å². The molecule has 0 N–H and O–H groups in total. The standard InChI is InChI=1S/C55H34N2S/c1-2-12-39-33-40(26-23-35(39)11-1)36-21-24-37(25-22-36)53-47-16-5-9-19-50(47)56-54(57-53)38-27-29-41(30-28-38)55(48-17-7-3-13-43(48)44-14-4-8-18-49(44)55)42-31-32-46-45-15-6-10-20-51(45)58-52(46)34-42/h1-34H. The van der Waals surface area contributed by atoms with Crippen molar-refractivity contribution in [2.75, 3.05) is 0 Å². The third-order valence-corrected chi connectivity index (χ3v) is 13.3. The number of hydrogen-bond acceptors (Lipinski definition) is 3. The van der Waals surface area contributed by atoms with E-state index in [4.69, 9.17) is 9.97 Å². The monoisotopic (exact) mass is 754 g/mol. The molecule has 0 radical (unpaired) electrons. The summed E-state index contributed by atoms with van der Waals surface area (Å²) in [4.78, 5) is 10.4. The Balaban J connectivity index is 0.989. The Morgan fingerprint density at radius 2 is 0.948 bits per heavy atom. The molecule has 0 aliphatic heterocycles. The molecule has 1 aliphatic rings. The summed E-state index contributed by atoms with van der Waals surface area (Å²) in [7, 11) is 0. The molecule has 0 saturated heterocycles. The highest BCUT2D eigenvalue weighted by atomic mass is 32.1. The van der Waals surface area contributed by atoms with E-state index in [2.05, 4.69) is 206 Å². The van der Waals surface area contributed by atoms with E-state index in [0.717, 1.165) is 27.7 Å². The topological polar surface area (TPSA) is 25.8 Å². The van der Waals surface area contributed by atoms with Gasteiger partial charge >= 0.3 is 0 Å². The minimum atomic E-state index is -0.502. The summed E-state index contributed by atoms with van der Waals surface area (Å²) in [6.45, 7) is 0. The fraction of sp³-hybridized carbons (Fsp3) is 0.0182. The van der Waals surface area contributed by atoms with E-state index >= 15 is 0 Å². The molecule has 12 rings (SSSR count). The van der Waals surface area contributed by atoms with Gasteiger partial charge in [-0.15, -0.1) is 11.3 Å². The Morgan fingerprint density at radius 1 is 0.362 bits per heavy atom. The summed E-state index contributed by atoms with van der Waals surface area (Å²) in [5.74, 6) is 0.715. The van der Waals surface area contributed by atoms with Gasteiger partial charge in [0, 0.05) is 36.7 Å². The minimum Gasteiger partial charge on any atom is -0.228 e. The maximum absolute atomic E-state index is 5.30. The summed E-state index contributed by atoms with van der Waals surface area (Å²) in [5.41, 5.74) is 13.5. The van der Waals surface area contributed by atoms with Crippen molar-refractivity contribution in [2.45, 2.75) is 5.41 Å². The third kappa shape index (κ3) is 4.97. The number of aromatic nitrogens is 2. The summed E-state index contributed by atoms with van der Waals surface area (Å²) >= 11 is 1.87. The molecule has 2 nitrogen and oxygen atoms in total. The second-order valence-corrected chi connectivity index (χ2v) is 16.4. The zero-order chi connectivity index (χ0) is 38.2. The highest BCUT2D eigenvalue weighted by Crippen LogP contribution is 2.56. The van der Waals surface area contributed by atoms with E-state index in [-0.39, 0.29) is 0 Å². The van der Waals surface area contributed by atoms with Crippen molar-refractivity contribution in [3.63, 3.8) is 0 Å². The summed E-state index contributed by atoms with van der Waals surface area (Å²) in [6.07, 6.45) is 0. The van der Waals surface area contributed by atoms with E-state index in [0.29, 0.717) is 5.82 Å². The van der Waals surface area contributed by atoms with Gasteiger partial charge in [0.15, 0.2) is 5.82 Å². The third-order valence-electron chi connectivity index (χ3n) is 12.2. The Hall–Kier alpha value is -7.20. The fourth-order valence-electron chi connectivity index (χ4n) is 9.47. The van der Waals surface area contributed by atoms with E-state index in [9.17, 15) is 0 Å². The number of para-hydroxylation sites is 1.